The summed E-state index contributed by atoms with van der Waals surface area (Å²) in [5.41, 5.74) is 0.374. The van der Waals surface area contributed by atoms with Crippen molar-refractivity contribution in [3.8, 4) is 11.5 Å². The fourth-order valence-corrected chi connectivity index (χ4v) is 3.08. The van der Waals surface area contributed by atoms with E-state index in [-0.39, 0.29) is 28.5 Å². The lowest BCUT2D eigenvalue weighted by Gasteiger charge is -1.98. The van der Waals surface area contributed by atoms with Crippen molar-refractivity contribution in [3.05, 3.63) is 45.5 Å². The first kappa shape index (κ1) is 17.0. The van der Waals surface area contributed by atoms with Gasteiger partial charge in [-0.1, -0.05) is 17.8 Å². The molecule has 0 aliphatic heterocycles. The zero-order chi connectivity index (χ0) is 17.8. The number of nitrogens with zero attached hydrogens (tertiary/aromatic N) is 4. The van der Waals surface area contributed by atoms with E-state index >= 15 is 0 Å². The molecule has 0 saturated heterocycles. The number of non-ortho nitro benzene ring substituents is 1. The Morgan fingerprint density at radius 2 is 2.28 bits per heavy atom. The molecule has 11 heteroatoms. The smallest absolute Gasteiger partial charge is 0.277 e. The number of benzene rings is 1. The number of anilines is 1. The number of nitrogens with one attached hydrogen (secondary N) is 1. The molecular formula is C14H11N5O4S2. The van der Waals surface area contributed by atoms with Crippen LogP contribution in [0.1, 0.15) is 4.88 Å². The lowest BCUT2D eigenvalue weighted by molar-refractivity contribution is -0.384. The SMILES string of the molecule is Cc1cnc(NC(=O)CSc2nnc(-c3cccc([N+](=O)[O-])c3)o2)s1. The molecule has 3 rings (SSSR count). The van der Waals surface area contributed by atoms with Gasteiger partial charge in [-0.2, -0.15) is 0 Å². The molecule has 9 nitrogen and oxygen atoms in total. The molecule has 0 bridgehead atoms. The number of aryl methyl sites for hydroxylation is 1. The fourth-order valence-electron chi connectivity index (χ4n) is 1.83. The minimum Gasteiger partial charge on any atom is -0.411 e. The van der Waals surface area contributed by atoms with E-state index in [0.29, 0.717) is 10.7 Å². The minimum atomic E-state index is -0.500. The minimum absolute atomic E-state index is 0.0666. The Morgan fingerprint density at radius 1 is 1.44 bits per heavy atom. The number of carbonyl (C=O) groups is 1. The Hall–Kier alpha value is -2.79. The molecular weight excluding hydrogens is 366 g/mol. The van der Waals surface area contributed by atoms with Crippen LogP contribution in [0.3, 0.4) is 0 Å². The number of nitro benzene ring substituents is 1. The first-order chi connectivity index (χ1) is 12.0. The average Bonchev–Trinajstić information content (AvgIpc) is 3.22. The van der Waals surface area contributed by atoms with E-state index in [4.69, 9.17) is 4.42 Å². The van der Waals surface area contributed by atoms with Crippen molar-refractivity contribution in [2.75, 3.05) is 11.1 Å². The number of carbonyl (C=O) groups excluding carboxylic acids is 1. The predicted octanol–water partition coefficient (Wildman–Crippen LogP) is 3.14. The highest BCUT2D eigenvalue weighted by Gasteiger charge is 2.14. The van der Waals surface area contributed by atoms with Crippen molar-refractivity contribution in [1.82, 2.24) is 15.2 Å². The van der Waals surface area contributed by atoms with Gasteiger partial charge in [0.2, 0.25) is 11.8 Å². The number of thioether (sulfide) groups is 1. The molecule has 1 N–H and O–H groups in total. The summed E-state index contributed by atoms with van der Waals surface area (Å²) < 4.78 is 5.43. The van der Waals surface area contributed by atoms with Gasteiger partial charge in [0.15, 0.2) is 5.13 Å². The molecule has 0 unspecified atom stereocenters. The van der Waals surface area contributed by atoms with Gasteiger partial charge in [0, 0.05) is 28.8 Å². The Kier molecular flexibility index (Phi) is 5.05. The third-order valence-electron chi connectivity index (χ3n) is 2.90. The van der Waals surface area contributed by atoms with E-state index in [1.807, 2.05) is 6.92 Å². The molecule has 0 saturated carbocycles. The monoisotopic (exact) mass is 377 g/mol. The van der Waals surface area contributed by atoms with Crippen molar-refractivity contribution >= 4 is 39.8 Å². The number of rotatable bonds is 6. The lowest BCUT2D eigenvalue weighted by Crippen LogP contribution is -2.13. The molecule has 2 aromatic heterocycles. The van der Waals surface area contributed by atoms with Gasteiger partial charge < -0.3 is 9.73 Å². The Bertz CT molecular complexity index is 923. The summed E-state index contributed by atoms with van der Waals surface area (Å²) >= 11 is 2.46. The van der Waals surface area contributed by atoms with Gasteiger partial charge in [0.25, 0.3) is 10.9 Å². The lowest BCUT2D eigenvalue weighted by atomic mass is 10.2. The van der Waals surface area contributed by atoms with E-state index in [9.17, 15) is 14.9 Å². The second-order valence-corrected chi connectivity index (χ2v) is 6.95. The van der Waals surface area contributed by atoms with Crippen LogP contribution in [0.25, 0.3) is 11.5 Å². The van der Waals surface area contributed by atoms with E-state index in [1.54, 1.807) is 12.3 Å². The largest absolute Gasteiger partial charge is 0.411 e. The molecule has 128 valence electrons. The highest BCUT2D eigenvalue weighted by molar-refractivity contribution is 7.99. The number of amides is 1. The average molecular weight is 377 g/mol. The maximum atomic E-state index is 11.9. The van der Waals surface area contributed by atoms with Crippen LogP contribution >= 0.6 is 23.1 Å². The first-order valence-electron chi connectivity index (χ1n) is 6.94. The van der Waals surface area contributed by atoms with Crippen LogP contribution < -0.4 is 5.32 Å². The third kappa shape index (κ3) is 4.39. The zero-order valence-electron chi connectivity index (χ0n) is 12.8. The third-order valence-corrected chi connectivity index (χ3v) is 4.55. The molecule has 0 atom stereocenters. The molecule has 1 aromatic carbocycles. The molecule has 0 aliphatic rings. The Balaban J connectivity index is 1.61. The predicted molar refractivity (Wildman–Crippen MR) is 92.6 cm³/mol. The van der Waals surface area contributed by atoms with Crippen LogP contribution in [0.5, 0.6) is 0 Å². The summed E-state index contributed by atoms with van der Waals surface area (Å²) in [7, 11) is 0. The van der Waals surface area contributed by atoms with Crippen LogP contribution in [0.15, 0.2) is 40.1 Å². The van der Waals surface area contributed by atoms with Gasteiger partial charge in [-0.15, -0.1) is 21.5 Å². The van der Waals surface area contributed by atoms with Gasteiger partial charge in [-0.3, -0.25) is 14.9 Å². The van der Waals surface area contributed by atoms with E-state index in [1.165, 1.54) is 29.5 Å². The van der Waals surface area contributed by atoms with Crippen molar-refractivity contribution in [2.24, 2.45) is 0 Å². The number of hydrogen-bond donors (Lipinski definition) is 1. The molecule has 1 amide bonds. The summed E-state index contributed by atoms with van der Waals surface area (Å²) in [5, 5.41) is 21.9. The van der Waals surface area contributed by atoms with Gasteiger partial charge >= 0.3 is 0 Å². The quantitative estimate of drug-likeness (QED) is 0.395. The maximum Gasteiger partial charge on any atom is 0.277 e. The normalized spacial score (nSPS) is 10.6. The fraction of sp³-hybridized carbons (Fsp3) is 0.143. The molecule has 0 fully saturated rings. The second kappa shape index (κ2) is 7.40. The summed E-state index contributed by atoms with van der Waals surface area (Å²) in [6.07, 6.45) is 1.68. The molecule has 3 aromatic rings. The number of nitro groups is 1. The van der Waals surface area contributed by atoms with Gasteiger partial charge in [-0.05, 0) is 13.0 Å². The summed E-state index contributed by atoms with van der Waals surface area (Å²) in [4.78, 5) is 27.2. The van der Waals surface area contributed by atoms with Crippen molar-refractivity contribution in [3.63, 3.8) is 0 Å². The van der Waals surface area contributed by atoms with Crippen LogP contribution in [0.2, 0.25) is 0 Å². The van der Waals surface area contributed by atoms with Gasteiger partial charge in [0.1, 0.15) is 0 Å². The Labute approximate surface area is 149 Å². The standard InChI is InChI=1S/C14H11N5O4S2/c1-8-6-15-13(25-8)16-11(20)7-24-14-18-17-12(23-14)9-3-2-4-10(5-9)19(21)22/h2-6H,7H2,1H3,(H,15,16,20). The van der Waals surface area contributed by atoms with Crippen LogP contribution in [0, 0.1) is 17.0 Å². The van der Waals surface area contributed by atoms with Gasteiger partial charge in [0.05, 0.1) is 10.7 Å². The van der Waals surface area contributed by atoms with Crippen molar-refractivity contribution in [1.29, 1.82) is 0 Å². The summed E-state index contributed by atoms with van der Waals surface area (Å²) in [6, 6.07) is 5.89. The van der Waals surface area contributed by atoms with Gasteiger partial charge in [-0.25, -0.2) is 4.98 Å². The molecule has 0 spiro atoms. The molecule has 2 heterocycles. The van der Waals surface area contributed by atoms with Crippen LogP contribution in [0.4, 0.5) is 10.8 Å². The van der Waals surface area contributed by atoms with Crippen molar-refractivity contribution in [2.45, 2.75) is 12.1 Å². The van der Waals surface area contributed by atoms with Crippen LogP contribution in [-0.4, -0.2) is 31.8 Å². The van der Waals surface area contributed by atoms with Crippen LogP contribution in [-0.2, 0) is 4.79 Å². The first-order valence-corrected chi connectivity index (χ1v) is 8.75. The Morgan fingerprint density at radius 3 is 3.00 bits per heavy atom. The molecule has 0 aliphatic carbocycles. The molecule has 25 heavy (non-hydrogen) atoms. The number of thiazole rings is 1. The highest BCUT2D eigenvalue weighted by atomic mass is 32.2. The summed E-state index contributed by atoms with van der Waals surface area (Å²) in [5.74, 6) is -0.00791. The highest BCUT2D eigenvalue weighted by Crippen LogP contribution is 2.26. The zero-order valence-corrected chi connectivity index (χ0v) is 14.5. The maximum absolute atomic E-state index is 11.9. The van der Waals surface area contributed by atoms with Crippen molar-refractivity contribution < 1.29 is 14.1 Å². The van der Waals surface area contributed by atoms with E-state index in [0.717, 1.165) is 16.6 Å². The number of aromatic nitrogens is 3. The topological polar surface area (TPSA) is 124 Å². The second-order valence-electron chi connectivity index (χ2n) is 4.79. The van der Waals surface area contributed by atoms with E-state index in [2.05, 4.69) is 20.5 Å². The number of hydrogen-bond acceptors (Lipinski definition) is 9. The summed E-state index contributed by atoms with van der Waals surface area (Å²) in [6.45, 7) is 1.90. The molecule has 0 radical (unpaired) electrons. The van der Waals surface area contributed by atoms with E-state index < -0.39 is 4.92 Å².